The van der Waals surface area contributed by atoms with Crippen LogP contribution < -0.4 is 4.74 Å². The van der Waals surface area contributed by atoms with Crippen molar-refractivity contribution in [1.29, 1.82) is 0 Å². The molecule has 4 heteroatoms. The van der Waals surface area contributed by atoms with Crippen molar-refractivity contribution in [2.24, 2.45) is 7.05 Å². The second kappa shape index (κ2) is 5.89. The van der Waals surface area contributed by atoms with E-state index in [9.17, 15) is 5.11 Å². The minimum Gasteiger partial charge on any atom is -0.493 e. The van der Waals surface area contributed by atoms with Crippen LogP contribution in [0.3, 0.4) is 0 Å². The number of benzene rings is 1. The van der Waals surface area contributed by atoms with Gasteiger partial charge in [0, 0.05) is 30.9 Å². The normalized spacial score (nSPS) is 12.4. The van der Waals surface area contributed by atoms with Crippen molar-refractivity contribution in [2.75, 3.05) is 6.61 Å². The van der Waals surface area contributed by atoms with Crippen LogP contribution >= 0.6 is 0 Å². The molecule has 19 heavy (non-hydrogen) atoms. The van der Waals surface area contributed by atoms with Gasteiger partial charge in [0.05, 0.1) is 12.7 Å². The van der Waals surface area contributed by atoms with Gasteiger partial charge in [-0.3, -0.25) is 4.68 Å². The highest BCUT2D eigenvalue weighted by Crippen LogP contribution is 2.26. The van der Waals surface area contributed by atoms with E-state index in [4.69, 9.17) is 4.74 Å². The molecule has 1 heterocycles. The van der Waals surface area contributed by atoms with Gasteiger partial charge in [-0.25, -0.2) is 0 Å². The van der Waals surface area contributed by atoms with Gasteiger partial charge < -0.3 is 9.84 Å². The van der Waals surface area contributed by atoms with Crippen LogP contribution in [-0.4, -0.2) is 21.5 Å². The number of rotatable bonds is 5. The summed E-state index contributed by atoms with van der Waals surface area (Å²) in [4.78, 5) is 0. The van der Waals surface area contributed by atoms with E-state index < -0.39 is 6.10 Å². The van der Waals surface area contributed by atoms with E-state index >= 15 is 0 Å². The van der Waals surface area contributed by atoms with Gasteiger partial charge in [0.15, 0.2) is 0 Å². The largest absolute Gasteiger partial charge is 0.493 e. The fourth-order valence-corrected chi connectivity index (χ4v) is 2.04. The summed E-state index contributed by atoms with van der Waals surface area (Å²) < 4.78 is 7.62. The molecule has 0 aliphatic carbocycles. The van der Waals surface area contributed by atoms with Crippen molar-refractivity contribution in [3.63, 3.8) is 0 Å². The Kier molecular flexibility index (Phi) is 4.22. The lowest BCUT2D eigenvalue weighted by Crippen LogP contribution is -2.08. The lowest BCUT2D eigenvalue weighted by Gasteiger charge is -2.14. The number of nitrogens with zero attached hydrogens (tertiary/aromatic N) is 2. The summed E-state index contributed by atoms with van der Waals surface area (Å²) in [6, 6.07) is 7.85. The van der Waals surface area contributed by atoms with Crippen molar-refractivity contribution in [1.82, 2.24) is 9.78 Å². The van der Waals surface area contributed by atoms with Crippen LogP contribution in [0.1, 0.15) is 29.8 Å². The third kappa shape index (κ3) is 3.35. The Balaban J connectivity index is 2.01. The van der Waals surface area contributed by atoms with Gasteiger partial charge in [-0.1, -0.05) is 11.6 Å². The summed E-state index contributed by atoms with van der Waals surface area (Å²) in [5.74, 6) is 0.753. The van der Waals surface area contributed by atoms with Gasteiger partial charge in [-0.05, 0) is 32.0 Å². The second-order valence-corrected chi connectivity index (χ2v) is 4.76. The average Bonchev–Trinajstić information content (AvgIpc) is 2.77. The Labute approximate surface area is 113 Å². The number of aliphatic hydroxyl groups excluding tert-OH is 1. The smallest absolute Gasteiger partial charge is 0.125 e. The number of aliphatic hydroxyl groups is 1. The van der Waals surface area contributed by atoms with E-state index in [1.165, 1.54) is 0 Å². The molecule has 1 aromatic carbocycles. The Morgan fingerprint density at radius 3 is 2.79 bits per heavy atom. The zero-order valence-electron chi connectivity index (χ0n) is 11.6. The fourth-order valence-electron chi connectivity index (χ4n) is 2.04. The summed E-state index contributed by atoms with van der Waals surface area (Å²) in [6.07, 6.45) is 2.05. The van der Waals surface area contributed by atoms with Crippen molar-refractivity contribution < 1.29 is 9.84 Å². The predicted octanol–water partition coefficient (Wildman–Crippen LogP) is 2.40. The molecule has 0 bridgehead atoms. The molecule has 0 unspecified atom stereocenters. The zero-order valence-corrected chi connectivity index (χ0v) is 11.6. The van der Waals surface area contributed by atoms with Crippen molar-refractivity contribution in [2.45, 2.75) is 26.4 Å². The van der Waals surface area contributed by atoms with Crippen LogP contribution in [0.4, 0.5) is 0 Å². The Hall–Kier alpha value is -1.81. The molecule has 0 fully saturated rings. The van der Waals surface area contributed by atoms with E-state index in [0.29, 0.717) is 6.61 Å². The number of hydrogen-bond acceptors (Lipinski definition) is 3. The number of aryl methyl sites for hydroxylation is 2. The highest BCUT2D eigenvalue weighted by atomic mass is 16.5. The maximum Gasteiger partial charge on any atom is 0.125 e. The maximum absolute atomic E-state index is 9.76. The molecule has 0 radical (unpaired) electrons. The second-order valence-electron chi connectivity index (χ2n) is 4.76. The highest BCUT2D eigenvalue weighted by Gasteiger charge is 2.09. The maximum atomic E-state index is 9.76. The monoisotopic (exact) mass is 260 g/mol. The van der Waals surface area contributed by atoms with Gasteiger partial charge in [-0.2, -0.15) is 5.10 Å². The summed E-state index contributed by atoms with van der Waals surface area (Å²) >= 11 is 0. The third-order valence-corrected chi connectivity index (χ3v) is 3.15. The highest BCUT2D eigenvalue weighted by molar-refractivity contribution is 5.38. The molecule has 0 saturated heterocycles. The zero-order chi connectivity index (χ0) is 13.8. The van der Waals surface area contributed by atoms with Gasteiger partial charge >= 0.3 is 0 Å². The molecule has 2 rings (SSSR count). The van der Waals surface area contributed by atoms with Crippen LogP contribution in [0.25, 0.3) is 0 Å². The summed E-state index contributed by atoms with van der Waals surface area (Å²) in [5, 5.41) is 13.9. The number of aromatic nitrogens is 2. The predicted molar refractivity (Wildman–Crippen MR) is 74.2 cm³/mol. The van der Waals surface area contributed by atoms with E-state index in [1.807, 2.05) is 42.9 Å². The first-order valence-electron chi connectivity index (χ1n) is 6.46. The number of ether oxygens (including phenoxy) is 1. The topological polar surface area (TPSA) is 47.3 Å². The molecule has 0 aliphatic heterocycles. The van der Waals surface area contributed by atoms with Gasteiger partial charge in [0.2, 0.25) is 0 Å². The van der Waals surface area contributed by atoms with Crippen LogP contribution in [0.5, 0.6) is 5.75 Å². The fraction of sp³-hybridized carbons (Fsp3) is 0.400. The first-order valence-corrected chi connectivity index (χ1v) is 6.46. The van der Waals surface area contributed by atoms with Gasteiger partial charge in [-0.15, -0.1) is 0 Å². The Morgan fingerprint density at radius 1 is 1.37 bits per heavy atom. The molecule has 1 aromatic heterocycles. The summed E-state index contributed by atoms with van der Waals surface area (Å²) in [5.41, 5.74) is 3.09. The van der Waals surface area contributed by atoms with Crippen LogP contribution in [0, 0.1) is 6.92 Å². The van der Waals surface area contributed by atoms with Crippen LogP contribution in [-0.2, 0) is 13.5 Å². The molecule has 1 N–H and O–H groups in total. The molecule has 4 nitrogen and oxygen atoms in total. The Morgan fingerprint density at radius 2 is 2.16 bits per heavy atom. The van der Waals surface area contributed by atoms with Crippen molar-refractivity contribution >= 4 is 0 Å². The molecular formula is C15H20N2O2. The lowest BCUT2D eigenvalue weighted by molar-refractivity contribution is 0.191. The standard InChI is InChI=1S/C15H20N2O2/c1-11-4-5-15(14(10-11)12(2)18)19-9-7-13-6-8-16-17(13)3/h4-6,8,10,12,18H,7,9H2,1-3H3/t12-/m1/s1. The van der Waals surface area contributed by atoms with Crippen molar-refractivity contribution in [3.05, 3.63) is 47.3 Å². The Bertz CT molecular complexity index is 547. The van der Waals surface area contributed by atoms with E-state index in [1.54, 1.807) is 13.1 Å². The molecule has 1 atom stereocenters. The minimum absolute atomic E-state index is 0.522. The minimum atomic E-state index is -0.522. The summed E-state index contributed by atoms with van der Waals surface area (Å²) in [6.45, 7) is 4.33. The van der Waals surface area contributed by atoms with Gasteiger partial charge in [0.1, 0.15) is 5.75 Å². The molecular weight excluding hydrogens is 240 g/mol. The van der Waals surface area contributed by atoms with Gasteiger partial charge in [0.25, 0.3) is 0 Å². The van der Waals surface area contributed by atoms with Crippen LogP contribution in [0.15, 0.2) is 30.5 Å². The third-order valence-electron chi connectivity index (χ3n) is 3.15. The molecule has 102 valence electrons. The summed E-state index contributed by atoms with van der Waals surface area (Å²) in [7, 11) is 1.92. The average molecular weight is 260 g/mol. The van der Waals surface area contributed by atoms with E-state index in [-0.39, 0.29) is 0 Å². The van der Waals surface area contributed by atoms with Crippen molar-refractivity contribution in [3.8, 4) is 5.75 Å². The quantitative estimate of drug-likeness (QED) is 0.898. The SMILES string of the molecule is Cc1ccc(OCCc2ccnn2C)c([C@@H](C)O)c1. The molecule has 0 amide bonds. The molecule has 0 aliphatic rings. The first kappa shape index (κ1) is 13.6. The molecule has 0 saturated carbocycles. The van der Waals surface area contributed by atoms with E-state index in [0.717, 1.165) is 29.0 Å². The van der Waals surface area contributed by atoms with Crippen LogP contribution in [0.2, 0.25) is 0 Å². The lowest BCUT2D eigenvalue weighted by atomic mass is 10.1. The number of hydrogen-bond donors (Lipinski definition) is 1. The molecule has 0 spiro atoms. The molecule has 2 aromatic rings. The van der Waals surface area contributed by atoms with E-state index in [2.05, 4.69) is 5.10 Å². The first-order chi connectivity index (χ1) is 9.08.